The Bertz CT molecular complexity index is 679. The summed E-state index contributed by atoms with van der Waals surface area (Å²) in [5, 5.41) is 3.51. The largest absolute Gasteiger partial charge is 0.472 e. The van der Waals surface area contributed by atoms with E-state index in [1.54, 1.807) is 24.9 Å². The lowest BCUT2D eigenvalue weighted by atomic mass is 10.00. The molecule has 4 nitrogen and oxygen atoms in total. The van der Waals surface area contributed by atoms with E-state index in [-0.39, 0.29) is 6.04 Å². The van der Waals surface area contributed by atoms with E-state index in [1.165, 1.54) is 11.1 Å². The molecule has 0 radical (unpaired) electrons. The number of fused-ring (bicyclic) bond motifs is 1. The molecule has 0 amide bonds. The molecule has 0 saturated heterocycles. The summed E-state index contributed by atoms with van der Waals surface area (Å²) in [6.45, 7) is 3.03. The van der Waals surface area contributed by atoms with Crippen LogP contribution >= 0.6 is 0 Å². The maximum absolute atomic E-state index is 5.15. The predicted molar refractivity (Wildman–Crippen MR) is 78.4 cm³/mol. The van der Waals surface area contributed by atoms with Gasteiger partial charge in [0.2, 0.25) is 0 Å². The van der Waals surface area contributed by atoms with Crippen molar-refractivity contribution in [1.29, 1.82) is 0 Å². The van der Waals surface area contributed by atoms with Crippen molar-refractivity contribution in [3.05, 3.63) is 60.3 Å². The first-order chi connectivity index (χ1) is 9.86. The zero-order valence-corrected chi connectivity index (χ0v) is 11.4. The fraction of sp³-hybridized carbons (Fsp3) is 0.250. The lowest BCUT2D eigenvalue weighted by Gasteiger charge is -2.18. The van der Waals surface area contributed by atoms with Crippen molar-refractivity contribution in [3.8, 4) is 0 Å². The first-order valence-corrected chi connectivity index (χ1v) is 6.82. The van der Waals surface area contributed by atoms with Crippen LogP contribution in [0.2, 0.25) is 0 Å². The van der Waals surface area contributed by atoms with Crippen LogP contribution in [0.25, 0.3) is 11.0 Å². The molecular formula is C16H17N3O. The standard InChI is InChI=1S/C16H17N3O/c1-2-17-15(9-12-5-8-20-11-12)13-3-4-14-16(10-13)19-7-6-18-14/h3-8,10-11,15,17H,2,9H2,1H3. The Morgan fingerprint density at radius 1 is 1.15 bits per heavy atom. The zero-order valence-electron chi connectivity index (χ0n) is 11.4. The molecule has 0 fully saturated rings. The Morgan fingerprint density at radius 3 is 2.75 bits per heavy atom. The van der Waals surface area contributed by atoms with Gasteiger partial charge in [0.25, 0.3) is 0 Å². The molecule has 0 bridgehead atoms. The molecule has 102 valence electrons. The van der Waals surface area contributed by atoms with Gasteiger partial charge in [0, 0.05) is 18.4 Å². The minimum absolute atomic E-state index is 0.254. The van der Waals surface area contributed by atoms with Gasteiger partial charge in [-0.2, -0.15) is 0 Å². The second kappa shape index (κ2) is 5.84. The van der Waals surface area contributed by atoms with Crippen molar-refractivity contribution >= 4 is 11.0 Å². The van der Waals surface area contributed by atoms with Gasteiger partial charge in [0.05, 0.1) is 23.6 Å². The summed E-state index contributed by atoms with van der Waals surface area (Å²) in [7, 11) is 0. The van der Waals surface area contributed by atoms with Gasteiger partial charge in [-0.3, -0.25) is 9.97 Å². The van der Waals surface area contributed by atoms with Crippen LogP contribution in [0.15, 0.2) is 53.6 Å². The molecule has 0 aliphatic heterocycles. The number of rotatable bonds is 5. The van der Waals surface area contributed by atoms with Crippen LogP contribution in [0.3, 0.4) is 0 Å². The van der Waals surface area contributed by atoms with E-state index in [9.17, 15) is 0 Å². The van der Waals surface area contributed by atoms with E-state index in [4.69, 9.17) is 4.42 Å². The van der Waals surface area contributed by atoms with Gasteiger partial charge in [-0.05, 0) is 42.3 Å². The Morgan fingerprint density at radius 2 is 2.00 bits per heavy atom. The van der Waals surface area contributed by atoms with E-state index >= 15 is 0 Å². The van der Waals surface area contributed by atoms with Gasteiger partial charge in [-0.1, -0.05) is 13.0 Å². The molecule has 0 aliphatic rings. The minimum atomic E-state index is 0.254. The van der Waals surface area contributed by atoms with Crippen LogP contribution in [0.1, 0.15) is 24.1 Å². The zero-order chi connectivity index (χ0) is 13.8. The number of benzene rings is 1. The van der Waals surface area contributed by atoms with Gasteiger partial charge in [0.15, 0.2) is 0 Å². The summed E-state index contributed by atoms with van der Waals surface area (Å²) in [5.41, 5.74) is 4.27. The summed E-state index contributed by atoms with van der Waals surface area (Å²) in [4.78, 5) is 8.68. The smallest absolute Gasteiger partial charge is 0.0935 e. The number of furan rings is 1. The number of aromatic nitrogens is 2. The van der Waals surface area contributed by atoms with Crippen LogP contribution in [-0.2, 0) is 6.42 Å². The SMILES string of the molecule is CCNC(Cc1ccoc1)c1ccc2nccnc2c1. The molecule has 1 unspecified atom stereocenters. The van der Waals surface area contributed by atoms with Crippen molar-refractivity contribution in [2.45, 2.75) is 19.4 Å². The maximum atomic E-state index is 5.15. The number of likely N-dealkylation sites (N-methyl/N-ethyl adjacent to an activating group) is 1. The van der Waals surface area contributed by atoms with Crippen molar-refractivity contribution in [2.75, 3.05) is 6.54 Å². The van der Waals surface area contributed by atoms with Gasteiger partial charge in [-0.15, -0.1) is 0 Å². The highest BCUT2D eigenvalue weighted by atomic mass is 16.3. The van der Waals surface area contributed by atoms with Crippen molar-refractivity contribution in [2.24, 2.45) is 0 Å². The summed E-state index contributed by atoms with van der Waals surface area (Å²) in [6, 6.07) is 8.51. The molecule has 1 atom stereocenters. The lowest BCUT2D eigenvalue weighted by Crippen LogP contribution is -2.22. The first kappa shape index (κ1) is 12.8. The fourth-order valence-electron chi connectivity index (χ4n) is 2.40. The average Bonchev–Trinajstić information content (AvgIpc) is 2.99. The number of hydrogen-bond acceptors (Lipinski definition) is 4. The van der Waals surface area contributed by atoms with Crippen LogP contribution in [-0.4, -0.2) is 16.5 Å². The van der Waals surface area contributed by atoms with E-state index in [0.29, 0.717) is 0 Å². The molecule has 4 heteroatoms. The quantitative estimate of drug-likeness (QED) is 0.771. The molecule has 1 N–H and O–H groups in total. The number of nitrogens with zero attached hydrogens (tertiary/aromatic N) is 2. The third-order valence-electron chi connectivity index (χ3n) is 3.37. The van der Waals surface area contributed by atoms with Crippen LogP contribution < -0.4 is 5.32 Å². The highest BCUT2D eigenvalue weighted by Crippen LogP contribution is 2.21. The van der Waals surface area contributed by atoms with Gasteiger partial charge >= 0.3 is 0 Å². The van der Waals surface area contributed by atoms with Gasteiger partial charge < -0.3 is 9.73 Å². The second-order valence-electron chi connectivity index (χ2n) is 4.75. The summed E-state index contributed by atoms with van der Waals surface area (Å²) in [6.07, 6.45) is 7.85. The molecule has 1 aromatic carbocycles. The normalized spacial score (nSPS) is 12.7. The van der Waals surface area contributed by atoms with Crippen LogP contribution in [0.4, 0.5) is 0 Å². The van der Waals surface area contributed by atoms with Crippen molar-refractivity contribution < 1.29 is 4.42 Å². The average molecular weight is 267 g/mol. The van der Waals surface area contributed by atoms with Crippen LogP contribution in [0.5, 0.6) is 0 Å². The van der Waals surface area contributed by atoms with Crippen LogP contribution in [0, 0.1) is 0 Å². The summed E-state index contributed by atoms with van der Waals surface area (Å²) >= 11 is 0. The van der Waals surface area contributed by atoms with E-state index in [0.717, 1.165) is 24.0 Å². The Kier molecular flexibility index (Phi) is 3.74. The second-order valence-corrected chi connectivity index (χ2v) is 4.75. The molecular weight excluding hydrogens is 250 g/mol. The fourth-order valence-corrected chi connectivity index (χ4v) is 2.40. The number of nitrogens with one attached hydrogen (secondary N) is 1. The van der Waals surface area contributed by atoms with E-state index < -0.39 is 0 Å². The Labute approximate surface area is 117 Å². The maximum Gasteiger partial charge on any atom is 0.0935 e. The number of hydrogen-bond donors (Lipinski definition) is 1. The third-order valence-corrected chi connectivity index (χ3v) is 3.37. The highest BCUT2D eigenvalue weighted by Gasteiger charge is 2.12. The van der Waals surface area contributed by atoms with E-state index in [2.05, 4.69) is 34.3 Å². The van der Waals surface area contributed by atoms with Crippen molar-refractivity contribution in [1.82, 2.24) is 15.3 Å². The molecule has 20 heavy (non-hydrogen) atoms. The Balaban J connectivity index is 1.91. The molecule has 3 rings (SSSR count). The van der Waals surface area contributed by atoms with Gasteiger partial charge in [-0.25, -0.2) is 0 Å². The molecule has 0 spiro atoms. The minimum Gasteiger partial charge on any atom is -0.472 e. The Hall–Kier alpha value is -2.20. The summed E-state index contributed by atoms with van der Waals surface area (Å²) < 4.78 is 5.15. The lowest BCUT2D eigenvalue weighted by molar-refractivity contribution is 0.535. The third kappa shape index (κ3) is 2.70. The molecule has 2 aromatic heterocycles. The van der Waals surface area contributed by atoms with Gasteiger partial charge in [0.1, 0.15) is 0 Å². The molecule has 2 heterocycles. The molecule has 3 aromatic rings. The summed E-state index contributed by atoms with van der Waals surface area (Å²) in [5.74, 6) is 0. The molecule has 0 aliphatic carbocycles. The topological polar surface area (TPSA) is 51.0 Å². The molecule has 0 saturated carbocycles. The van der Waals surface area contributed by atoms with E-state index in [1.807, 2.05) is 12.1 Å². The predicted octanol–water partition coefficient (Wildman–Crippen LogP) is 3.12. The highest BCUT2D eigenvalue weighted by molar-refractivity contribution is 5.74. The first-order valence-electron chi connectivity index (χ1n) is 6.82. The monoisotopic (exact) mass is 267 g/mol. The van der Waals surface area contributed by atoms with Crippen molar-refractivity contribution in [3.63, 3.8) is 0 Å².